The number of hydrogen-bond donors (Lipinski definition) is 0. The molecule has 0 bridgehead atoms. The number of halogens is 2. The van der Waals surface area contributed by atoms with Gasteiger partial charge in [-0.1, -0.05) is 40.6 Å². The molecule has 0 fully saturated rings. The van der Waals surface area contributed by atoms with Gasteiger partial charge in [-0.05, 0) is 63.5 Å². The van der Waals surface area contributed by atoms with Gasteiger partial charge < -0.3 is 4.90 Å². The Morgan fingerprint density at radius 2 is 1.86 bits per heavy atom. The van der Waals surface area contributed by atoms with Crippen molar-refractivity contribution < 1.29 is 4.79 Å². The Labute approximate surface area is 189 Å². The van der Waals surface area contributed by atoms with Gasteiger partial charge in [0.15, 0.2) is 5.13 Å². The van der Waals surface area contributed by atoms with Crippen molar-refractivity contribution in [1.29, 1.82) is 0 Å². The minimum Gasteiger partial charge on any atom is -0.309 e. The van der Waals surface area contributed by atoms with E-state index >= 15 is 0 Å². The second-order valence-electron chi connectivity index (χ2n) is 6.84. The zero-order chi connectivity index (χ0) is 20.8. The van der Waals surface area contributed by atoms with Gasteiger partial charge in [0.2, 0.25) is 5.91 Å². The molecule has 0 spiro atoms. The van der Waals surface area contributed by atoms with Gasteiger partial charge in [-0.25, -0.2) is 4.98 Å². The van der Waals surface area contributed by atoms with Crippen LogP contribution in [0.2, 0.25) is 10.0 Å². The molecule has 8 heteroatoms. The Balaban J connectivity index is 1.70. The summed E-state index contributed by atoms with van der Waals surface area (Å²) in [5.74, 6) is 0.788. The summed E-state index contributed by atoms with van der Waals surface area (Å²) in [6, 6.07) is 13.4. The summed E-state index contributed by atoms with van der Waals surface area (Å²) in [5.41, 5.74) is 0.759. The van der Waals surface area contributed by atoms with Crippen LogP contribution in [0.15, 0.2) is 47.4 Å². The third kappa shape index (κ3) is 6.33. The third-order valence-corrected chi connectivity index (χ3v) is 6.89. The van der Waals surface area contributed by atoms with Crippen molar-refractivity contribution in [1.82, 2.24) is 9.88 Å². The molecular weight excluding hydrogens is 445 g/mol. The van der Waals surface area contributed by atoms with E-state index in [0.29, 0.717) is 33.9 Å². The SMILES string of the molecule is CN(C)CCCN(C(=O)CCSc1ccc(Cl)cc1)c1nc2c(Cl)cccc2s1. The Kier molecular flexibility index (Phi) is 8.21. The fourth-order valence-electron chi connectivity index (χ4n) is 2.81. The third-order valence-electron chi connectivity index (χ3n) is 4.28. The van der Waals surface area contributed by atoms with Crippen LogP contribution in [-0.2, 0) is 4.79 Å². The van der Waals surface area contributed by atoms with E-state index in [-0.39, 0.29) is 5.91 Å². The predicted octanol–water partition coefficient (Wildman–Crippen LogP) is 6.07. The second kappa shape index (κ2) is 10.6. The minimum atomic E-state index is 0.0837. The van der Waals surface area contributed by atoms with E-state index in [0.717, 1.165) is 28.1 Å². The number of anilines is 1. The maximum absolute atomic E-state index is 13.0. The molecule has 2 aromatic carbocycles. The quantitative estimate of drug-likeness (QED) is 0.357. The molecule has 0 aliphatic carbocycles. The zero-order valence-corrected chi connectivity index (χ0v) is 19.5. The van der Waals surface area contributed by atoms with Crippen LogP contribution in [0.5, 0.6) is 0 Å². The van der Waals surface area contributed by atoms with Gasteiger partial charge in [-0.15, -0.1) is 11.8 Å². The number of thiazole rings is 1. The summed E-state index contributed by atoms with van der Waals surface area (Å²) in [6.45, 7) is 1.55. The molecule has 154 valence electrons. The second-order valence-corrected chi connectivity index (χ2v) is 9.86. The topological polar surface area (TPSA) is 36.4 Å². The average molecular weight is 468 g/mol. The highest BCUT2D eigenvalue weighted by Gasteiger charge is 2.20. The molecule has 29 heavy (non-hydrogen) atoms. The lowest BCUT2D eigenvalue weighted by Gasteiger charge is -2.21. The highest BCUT2D eigenvalue weighted by Crippen LogP contribution is 2.33. The number of amides is 1. The van der Waals surface area contributed by atoms with Crippen LogP contribution in [0.25, 0.3) is 10.2 Å². The normalized spacial score (nSPS) is 11.3. The first-order valence-corrected chi connectivity index (χ1v) is 11.9. The standard InChI is InChI=1S/C21H23Cl2N3OS2/c1-25(2)12-4-13-26(21-24-20-17(23)5-3-6-18(20)29-21)19(27)11-14-28-16-9-7-15(22)8-10-16/h3,5-10H,4,11-14H2,1-2H3. The minimum absolute atomic E-state index is 0.0837. The van der Waals surface area contributed by atoms with E-state index in [1.54, 1.807) is 11.8 Å². The number of aromatic nitrogens is 1. The van der Waals surface area contributed by atoms with Crippen molar-refractivity contribution in [2.75, 3.05) is 37.8 Å². The Morgan fingerprint density at radius 1 is 1.10 bits per heavy atom. The summed E-state index contributed by atoms with van der Waals surface area (Å²) < 4.78 is 0.994. The van der Waals surface area contributed by atoms with Crippen LogP contribution in [0.1, 0.15) is 12.8 Å². The van der Waals surface area contributed by atoms with E-state index in [2.05, 4.69) is 9.88 Å². The summed E-state index contributed by atoms with van der Waals surface area (Å²) in [5, 5.41) is 2.05. The van der Waals surface area contributed by atoms with Gasteiger partial charge >= 0.3 is 0 Å². The first-order chi connectivity index (χ1) is 13.9. The van der Waals surface area contributed by atoms with Gasteiger partial charge in [-0.3, -0.25) is 9.69 Å². The van der Waals surface area contributed by atoms with E-state index in [1.807, 2.05) is 61.5 Å². The number of thioether (sulfide) groups is 1. The van der Waals surface area contributed by atoms with Crippen molar-refractivity contribution >= 4 is 67.6 Å². The van der Waals surface area contributed by atoms with Gasteiger partial charge in [-0.2, -0.15) is 0 Å². The Bertz CT molecular complexity index is 960. The summed E-state index contributed by atoms with van der Waals surface area (Å²) >= 11 is 15.4. The monoisotopic (exact) mass is 467 g/mol. The van der Waals surface area contributed by atoms with Gasteiger partial charge in [0.05, 0.1) is 9.72 Å². The van der Waals surface area contributed by atoms with Crippen LogP contribution in [0, 0.1) is 0 Å². The Morgan fingerprint density at radius 3 is 2.55 bits per heavy atom. The molecule has 0 radical (unpaired) electrons. The zero-order valence-electron chi connectivity index (χ0n) is 16.4. The number of carbonyl (C=O) groups excluding carboxylic acids is 1. The smallest absolute Gasteiger partial charge is 0.229 e. The molecule has 4 nitrogen and oxygen atoms in total. The first-order valence-electron chi connectivity index (χ1n) is 9.32. The van der Waals surface area contributed by atoms with E-state index in [1.165, 1.54) is 11.3 Å². The van der Waals surface area contributed by atoms with Crippen molar-refractivity contribution in [2.24, 2.45) is 0 Å². The van der Waals surface area contributed by atoms with Gasteiger partial charge in [0.25, 0.3) is 0 Å². The predicted molar refractivity (Wildman–Crippen MR) is 127 cm³/mol. The van der Waals surface area contributed by atoms with E-state index < -0.39 is 0 Å². The maximum atomic E-state index is 13.0. The molecule has 0 aliphatic rings. The maximum Gasteiger partial charge on any atom is 0.229 e. The van der Waals surface area contributed by atoms with E-state index in [9.17, 15) is 4.79 Å². The number of hydrogen-bond acceptors (Lipinski definition) is 5. The van der Waals surface area contributed by atoms with E-state index in [4.69, 9.17) is 23.2 Å². The van der Waals surface area contributed by atoms with Crippen LogP contribution in [-0.4, -0.2) is 48.7 Å². The molecule has 0 N–H and O–H groups in total. The number of fused-ring (bicyclic) bond motifs is 1. The highest BCUT2D eigenvalue weighted by molar-refractivity contribution is 7.99. The van der Waals surface area contributed by atoms with Crippen LogP contribution < -0.4 is 4.90 Å². The molecule has 1 amide bonds. The number of rotatable bonds is 9. The lowest BCUT2D eigenvalue weighted by atomic mass is 10.3. The molecule has 1 heterocycles. The van der Waals surface area contributed by atoms with Crippen LogP contribution in [0.3, 0.4) is 0 Å². The number of benzene rings is 2. The molecule has 0 unspecified atom stereocenters. The lowest BCUT2D eigenvalue weighted by Crippen LogP contribution is -2.33. The summed E-state index contributed by atoms with van der Waals surface area (Å²) in [4.78, 5) is 22.7. The molecule has 1 aromatic heterocycles. The lowest BCUT2D eigenvalue weighted by molar-refractivity contribution is -0.118. The van der Waals surface area contributed by atoms with Crippen LogP contribution >= 0.6 is 46.3 Å². The van der Waals surface area contributed by atoms with Gasteiger partial charge in [0, 0.05) is 28.6 Å². The molecule has 0 atom stereocenters. The van der Waals surface area contributed by atoms with Crippen molar-refractivity contribution in [3.05, 3.63) is 52.5 Å². The molecule has 0 aliphatic heterocycles. The molecule has 0 saturated carbocycles. The molecule has 3 rings (SSSR count). The summed E-state index contributed by atoms with van der Waals surface area (Å²) in [7, 11) is 4.07. The first kappa shape index (κ1) is 22.4. The van der Waals surface area contributed by atoms with Crippen molar-refractivity contribution in [3.8, 4) is 0 Å². The fourth-order valence-corrected chi connectivity index (χ4v) is 5.09. The fraction of sp³-hybridized carbons (Fsp3) is 0.333. The number of carbonyl (C=O) groups is 1. The Hall–Kier alpha value is -1.31. The highest BCUT2D eigenvalue weighted by atomic mass is 35.5. The molecule has 3 aromatic rings. The van der Waals surface area contributed by atoms with Crippen LogP contribution in [0.4, 0.5) is 5.13 Å². The summed E-state index contributed by atoms with van der Waals surface area (Å²) in [6.07, 6.45) is 1.33. The van der Waals surface area contributed by atoms with Crippen molar-refractivity contribution in [3.63, 3.8) is 0 Å². The number of para-hydroxylation sites is 1. The average Bonchev–Trinajstić information content (AvgIpc) is 3.12. The largest absolute Gasteiger partial charge is 0.309 e. The molecular formula is C21H23Cl2N3OS2. The molecule has 0 saturated heterocycles. The number of nitrogens with zero attached hydrogens (tertiary/aromatic N) is 3. The van der Waals surface area contributed by atoms with Gasteiger partial charge in [0.1, 0.15) is 5.52 Å². The van der Waals surface area contributed by atoms with Crippen molar-refractivity contribution in [2.45, 2.75) is 17.7 Å².